The summed E-state index contributed by atoms with van der Waals surface area (Å²) in [5, 5.41) is 4.16. The Morgan fingerprint density at radius 3 is 2.25 bits per heavy atom. The third-order valence-corrected chi connectivity index (χ3v) is 19.2. The first-order valence-electron chi connectivity index (χ1n) is 21.5. The Balaban J connectivity index is 1.07. The molecule has 0 bridgehead atoms. The van der Waals surface area contributed by atoms with Crippen molar-refractivity contribution in [3.63, 3.8) is 0 Å². The molecule has 10 heteroatoms. The Morgan fingerprint density at radius 2 is 1.56 bits per heavy atom. The number of esters is 1. The van der Waals surface area contributed by atoms with Gasteiger partial charge in [-0.15, -0.1) is 0 Å². The third kappa shape index (κ3) is 6.37. The summed E-state index contributed by atoms with van der Waals surface area (Å²) in [5.41, 5.74) is 3.62. The molecule has 2 aliphatic heterocycles. The number of sulfone groups is 1. The number of methoxy groups -OCH3 is 1. The highest BCUT2D eigenvalue weighted by Crippen LogP contribution is 2.76. The van der Waals surface area contributed by atoms with Crippen LogP contribution in [0.15, 0.2) is 30.3 Å². The summed E-state index contributed by atoms with van der Waals surface area (Å²) in [6.07, 6.45) is 12.7. The van der Waals surface area contributed by atoms with Crippen LogP contribution in [-0.2, 0) is 24.1 Å². The molecule has 0 radical (unpaired) electrons. The summed E-state index contributed by atoms with van der Waals surface area (Å²) in [6, 6.07) is 8.03. The number of carbonyl (C=O) groups is 2. The number of carbonyl (C=O) groups excluding carboxylic acids is 2. The van der Waals surface area contributed by atoms with Gasteiger partial charge in [0.1, 0.15) is 0 Å². The number of amides is 1. The molecule has 8 rings (SSSR count). The first-order chi connectivity index (χ1) is 26.1. The van der Waals surface area contributed by atoms with E-state index in [0.29, 0.717) is 74.5 Å². The maximum atomic E-state index is 14.6. The van der Waals surface area contributed by atoms with Crippen LogP contribution >= 0.6 is 0 Å². The Bertz CT molecular complexity index is 1770. The Kier molecular flexibility index (Phi) is 10.2. The molecule has 4 saturated carbocycles. The quantitative estimate of drug-likeness (QED) is 0.314. The van der Waals surface area contributed by atoms with E-state index in [2.05, 4.69) is 67.9 Å². The number of morpholine rings is 1. The lowest BCUT2D eigenvalue weighted by atomic mass is 9.33. The van der Waals surface area contributed by atoms with Crippen LogP contribution < -0.4 is 5.32 Å². The van der Waals surface area contributed by atoms with Crippen LogP contribution in [0.2, 0.25) is 0 Å². The van der Waals surface area contributed by atoms with Crippen molar-refractivity contribution in [1.82, 2.24) is 15.1 Å². The number of hydrogen-bond acceptors (Lipinski definition) is 8. The monoisotopic (exact) mass is 777 g/mol. The number of allylic oxidation sites excluding steroid dienone is 2. The standard InChI is InChI=1S/C45H67N3O6S/c1-41(2)34(31-7-9-32(10-8-31)40(50)53-6)14-16-42(3)36(41)15-17-44(5)37(42)12-11-35-38-33(39(49)48-23-27-54-28-24-48)13-18-45(38,20-19-43(35,44)4)46-21-22-47-25-29-55(51,52)30-26-47/h7-10,14,33,35-38,46H,11-13,15-30H2,1-6H3. The van der Waals surface area contributed by atoms with Gasteiger partial charge >= 0.3 is 5.97 Å². The lowest BCUT2D eigenvalue weighted by Crippen LogP contribution is -2.68. The van der Waals surface area contributed by atoms with Crippen molar-refractivity contribution in [2.24, 2.45) is 51.2 Å². The highest BCUT2D eigenvalue weighted by atomic mass is 32.2. The van der Waals surface area contributed by atoms with Crippen molar-refractivity contribution < 1.29 is 27.5 Å². The van der Waals surface area contributed by atoms with E-state index in [0.717, 1.165) is 38.8 Å². The van der Waals surface area contributed by atoms with Crippen molar-refractivity contribution in [1.29, 1.82) is 0 Å². The van der Waals surface area contributed by atoms with Crippen LogP contribution in [0, 0.1) is 51.2 Å². The highest BCUT2D eigenvalue weighted by molar-refractivity contribution is 7.91. The summed E-state index contributed by atoms with van der Waals surface area (Å²) in [5.74, 6) is 2.54. The smallest absolute Gasteiger partial charge is 0.337 e. The zero-order valence-corrected chi connectivity index (χ0v) is 35.3. The topological polar surface area (TPSA) is 105 Å². The number of fused-ring (bicyclic) bond motifs is 7. The fourth-order valence-corrected chi connectivity index (χ4v) is 15.9. The number of nitrogens with zero attached hydrogens (tertiary/aromatic N) is 2. The maximum absolute atomic E-state index is 14.6. The number of ether oxygens (including phenoxy) is 2. The van der Waals surface area contributed by atoms with Crippen LogP contribution in [0.5, 0.6) is 0 Å². The van der Waals surface area contributed by atoms with E-state index in [9.17, 15) is 18.0 Å². The zero-order valence-electron chi connectivity index (χ0n) is 34.5. The molecule has 9 nitrogen and oxygen atoms in total. The molecule has 7 aliphatic rings. The van der Waals surface area contributed by atoms with E-state index in [4.69, 9.17) is 9.47 Å². The van der Waals surface area contributed by atoms with Gasteiger partial charge in [0, 0.05) is 50.7 Å². The fraction of sp³-hybridized carbons (Fsp3) is 0.778. The Labute approximate surface area is 330 Å². The van der Waals surface area contributed by atoms with Gasteiger partial charge in [-0.1, -0.05) is 52.8 Å². The fourth-order valence-electron chi connectivity index (χ4n) is 14.6. The van der Waals surface area contributed by atoms with E-state index >= 15 is 0 Å². The minimum Gasteiger partial charge on any atom is -0.465 e. The van der Waals surface area contributed by atoms with Gasteiger partial charge in [0.05, 0.1) is 37.4 Å². The summed E-state index contributed by atoms with van der Waals surface area (Å²) in [6.45, 7) is 18.5. The van der Waals surface area contributed by atoms with Crippen LogP contribution in [0.4, 0.5) is 0 Å². The Hall–Kier alpha value is -2.27. The van der Waals surface area contributed by atoms with Gasteiger partial charge in [0.25, 0.3) is 0 Å². The number of benzene rings is 1. The van der Waals surface area contributed by atoms with Crippen molar-refractivity contribution >= 4 is 27.3 Å². The van der Waals surface area contributed by atoms with Crippen LogP contribution in [0.3, 0.4) is 0 Å². The SMILES string of the molecule is COC(=O)c1ccc(C2=CCC3(C)C(CCC4(C)C3CCC3C5C(C(=O)N6CCOCC6)CCC5(NCCN5CCS(=O)(=O)CC5)CCC34C)C2(C)C)cc1. The number of nitrogens with one attached hydrogen (secondary N) is 1. The van der Waals surface area contributed by atoms with E-state index in [1.54, 1.807) is 0 Å². The summed E-state index contributed by atoms with van der Waals surface area (Å²) >= 11 is 0. The van der Waals surface area contributed by atoms with Gasteiger partial charge in [-0.3, -0.25) is 4.79 Å². The molecule has 1 amide bonds. The van der Waals surface area contributed by atoms with Gasteiger partial charge in [0.15, 0.2) is 9.84 Å². The number of hydrogen-bond donors (Lipinski definition) is 1. The summed E-state index contributed by atoms with van der Waals surface area (Å²) in [4.78, 5) is 31.2. The molecule has 1 N–H and O–H groups in total. The number of rotatable bonds is 7. The van der Waals surface area contributed by atoms with Crippen molar-refractivity contribution in [3.05, 3.63) is 41.5 Å². The zero-order chi connectivity index (χ0) is 39.0. The molecule has 2 saturated heterocycles. The molecule has 0 spiro atoms. The van der Waals surface area contributed by atoms with Crippen molar-refractivity contribution in [2.45, 2.75) is 97.9 Å². The molecule has 1 aromatic rings. The molecule has 55 heavy (non-hydrogen) atoms. The van der Waals surface area contributed by atoms with Crippen LogP contribution in [0.1, 0.15) is 108 Å². The van der Waals surface area contributed by atoms with E-state index < -0.39 is 9.84 Å². The molecule has 5 aliphatic carbocycles. The van der Waals surface area contributed by atoms with Gasteiger partial charge in [-0.05, 0) is 126 Å². The predicted molar refractivity (Wildman–Crippen MR) is 216 cm³/mol. The third-order valence-electron chi connectivity index (χ3n) is 17.6. The van der Waals surface area contributed by atoms with Crippen molar-refractivity contribution in [3.8, 4) is 0 Å². The average molecular weight is 778 g/mol. The second kappa shape index (κ2) is 14.2. The molecule has 1 aromatic carbocycles. The highest BCUT2D eigenvalue weighted by Gasteiger charge is 2.71. The maximum Gasteiger partial charge on any atom is 0.337 e. The largest absolute Gasteiger partial charge is 0.465 e. The van der Waals surface area contributed by atoms with Crippen LogP contribution in [0.25, 0.3) is 5.57 Å². The van der Waals surface area contributed by atoms with E-state index in [1.807, 2.05) is 12.1 Å². The minimum atomic E-state index is -2.91. The normalized spacial score (nSPS) is 40.9. The molecular formula is C45H67N3O6S. The van der Waals surface area contributed by atoms with E-state index in [-0.39, 0.29) is 50.6 Å². The molecule has 9 atom stereocenters. The van der Waals surface area contributed by atoms with E-state index in [1.165, 1.54) is 50.4 Å². The first-order valence-corrected chi connectivity index (χ1v) is 23.3. The average Bonchev–Trinajstić information content (AvgIpc) is 3.55. The molecule has 2 heterocycles. The molecule has 0 aromatic heterocycles. The molecule has 9 unspecified atom stereocenters. The summed E-state index contributed by atoms with van der Waals surface area (Å²) in [7, 11) is -1.48. The first kappa shape index (κ1) is 39.6. The minimum absolute atomic E-state index is 0.00975. The Morgan fingerprint density at radius 1 is 0.855 bits per heavy atom. The van der Waals surface area contributed by atoms with Gasteiger partial charge in [-0.25, -0.2) is 13.2 Å². The van der Waals surface area contributed by atoms with Gasteiger partial charge in [0.2, 0.25) is 5.91 Å². The second-order valence-corrected chi connectivity index (χ2v) is 22.3. The van der Waals surface area contributed by atoms with Crippen molar-refractivity contribution in [2.75, 3.05) is 71.1 Å². The lowest BCUT2D eigenvalue weighted by Gasteiger charge is -2.72. The predicted octanol–water partition coefficient (Wildman–Crippen LogP) is 6.48. The lowest BCUT2D eigenvalue weighted by molar-refractivity contribution is -0.221. The second-order valence-electron chi connectivity index (χ2n) is 20.0. The van der Waals surface area contributed by atoms with Crippen LogP contribution in [-0.4, -0.2) is 107 Å². The summed E-state index contributed by atoms with van der Waals surface area (Å²) < 4.78 is 34.9. The van der Waals surface area contributed by atoms with Gasteiger partial charge < -0.3 is 24.6 Å². The molecular weight excluding hydrogens is 711 g/mol. The van der Waals surface area contributed by atoms with Gasteiger partial charge in [-0.2, -0.15) is 0 Å². The molecule has 6 fully saturated rings. The molecule has 304 valence electrons.